The van der Waals surface area contributed by atoms with Gasteiger partial charge in [-0.15, -0.1) is 0 Å². The first-order chi connectivity index (χ1) is 20.7. The van der Waals surface area contributed by atoms with Gasteiger partial charge < -0.3 is 15.1 Å². The van der Waals surface area contributed by atoms with Gasteiger partial charge in [0.05, 0.1) is 41.8 Å². The van der Waals surface area contributed by atoms with Crippen molar-refractivity contribution in [2.75, 3.05) is 38.5 Å². The molecule has 1 atom stereocenters. The van der Waals surface area contributed by atoms with E-state index >= 15 is 0 Å². The maximum Gasteiger partial charge on any atom is 0.416 e. The van der Waals surface area contributed by atoms with E-state index < -0.39 is 23.9 Å². The average molecular weight is 615 g/mol. The summed E-state index contributed by atoms with van der Waals surface area (Å²) in [5.74, 6) is 0.539. The summed E-state index contributed by atoms with van der Waals surface area (Å²) in [6.07, 6.45) is 0.798. The molecule has 1 N–H and O–H groups in total. The van der Waals surface area contributed by atoms with Crippen LogP contribution in [-0.4, -0.2) is 80.0 Å². The lowest BCUT2D eigenvalue weighted by atomic mass is 9.80. The molecule has 5 rings (SSSR count). The Labute approximate surface area is 256 Å². The molecule has 238 valence electrons. The number of carbonyl (C=O) groups is 1. The van der Waals surface area contributed by atoms with Gasteiger partial charge in [-0.2, -0.15) is 23.3 Å². The Morgan fingerprint density at radius 3 is 2.55 bits per heavy atom. The molecule has 0 bridgehead atoms. The highest BCUT2D eigenvalue weighted by Crippen LogP contribution is 2.37. The monoisotopic (exact) mass is 614 g/mol. The number of hydrogen-bond donors (Lipinski definition) is 1. The molecule has 2 fully saturated rings. The van der Waals surface area contributed by atoms with E-state index in [-0.39, 0.29) is 29.0 Å². The van der Waals surface area contributed by atoms with Crippen molar-refractivity contribution < 1.29 is 22.8 Å². The number of nitrogens with zero attached hydrogens (tertiary/aromatic N) is 7. The Morgan fingerprint density at radius 1 is 1.16 bits per heavy atom. The van der Waals surface area contributed by atoms with Crippen LogP contribution in [0.2, 0.25) is 0 Å². The number of aromatic nitrogens is 4. The van der Waals surface area contributed by atoms with Gasteiger partial charge in [-0.05, 0) is 56.3 Å². The third-order valence-electron chi connectivity index (χ3n) is 8.19. The number of hydroxylamine groups is 2. The van der Waals surface area contributed by atoms with Crippen LogP contribution in [0.4, 0.5) is 29.6 Å². The second kappa shape index (κ2) is 12.4. The predicted molar refractivity (Wildman–Crippen MR) is 161 cm³/mol. The van der Waals surface area contributed by atoms with Crippen molar-refractivity contribution in [1.29, 1.82) is 0 Å². The standard InChI is InChI=1S/C31H41F3N8O2/c1-20(2)44-42(29(43)40-12-10-23(16-40)30(3,4)5)15-22-8-7-21(13-26(22)31(32,33)34)27-9-11-35-28(38-27)37-24-14-36-41(17-24)25-18-39(6)19-25/h7-9,11,13-14,17,20,23,25H,10,12,15-16,18-19H2,1-6H3,(H,35,37,38). The summed E-state index contributed by atoms with van der Waals surface area (Å²) < 4.78 is 45.1. The van der Waals surface area contributed by atoms with Crippen LogP contribution >= 0.6 is 0 Å². The van der Waals surface area contributed by atoms with E-state index in [1.165, 1.54) is 12.3 Å². The van der Waals surface area contributed by atoms with E-state index in [0.717, 1.165) is 30.6 Å². The van der Waals surface area contributed by atoms with E-state index in [1.54, 1.807) is 37.1 Å². The number of alkyl halides is 3. The third kappa shape index (κ3) is 7.32. The highest BCUT2D eigenvalue weighted by Gasteiger charge is 2.38. The molecule has 2 aliphatic rings. The van der Waals surface area contributed by atoms with Gasteiger partial charge in [0, 0.05) is 44.1 Å². The Bertz CT molecular complexity index is 1460. The van der Waals surface area contributed by atoms with Gasteiger partial charge in [-0.25, -0.2) is 14.8 Å². The lowest BCUT2D eigenvalue weighted by Crippen LogP contribution is -2.45. The van der Waals surface area contributed by atoms with Crippen LogP contribution in [0.3, 0.4) is 0 Å². The van der Waals surface area contributed by atoms with Crippen molar-refractivity contribution >= 4 is 17.7 Å². The molecular weight excluding hydrogens is 573 g/mol. The number of nitrogens with one attached hydrogen (secondary N) is 1. The Balaban J connectivity index is 1.36. The minimum Gasteiger partial charge on any atom is -0.323 e. The van der Waals surface area contributed by atoms with Gasteiger partial charge in [0.25, 0.3) is 0 Å². The Kier molecular flexibility index (Phi) is 8.90. The molecule has 3 aromatic rings. The predicted octanol–water partition coefficient (Wildman–Crippen LogP) is 6.22. The third-order valence-corrected chi connectivity index (χ3v) is 8.19. The molecule has 2 aliphatic heterocycles. The van der Waals surface area contributed by atoms with Gasteiger partial charge in [0.15, 0.2) is 0 Å². The largest absolute Gasteiger partial charge is 0.416 e. The number of benzene rings is 1. The fourth-order valence-corrected chi connectivity index (χ4v) is 5.64. The number of likely N-dealkylation sites (tertiary alicyclic amines) is 2. The summed E-state index contributed by atoms with van der Waals surface area (Å²) >= 11 is 0. The quantitative estimate of drug-likeness (QED) is 0.301. The summed E-state index contributed by atoms with van der Waals surface area (Å²) in [6.45, 7) is 12.4. The van der Waals surface area contributed by atoms with Gasteiger partial charge in [-0.1, -0.05) is 32.9 Å². The molecule has 10 nitrogen and oxygen atoms in total. The van der Waals surface area contributed by atoms with Crippen molar-refractivity contribution in [2.45, 2.75) is 65.9 Å². The van der Waals surface area contributed by atoms with Crippen LogP contribution in [0.15, 0.2) is 42.9 Å². The first-order valence-electron chi connectivity index (χ1n) is 14.9. The van der Waals surface area contributed by atoms with Crippen molar-refractivity contribution in [3.8, 4) is 11.3 Å². The van der Waals surface area contributed by atoms with Crippen LogP contribution in [0.25, 0.3) is 11.3 Å². The van der Waals surface area contributed by atoms with Crippen molar-refractivity contribution in [2.24, 2.45) is 11.3 Å². The topological polar surface area (TPSA) is 91.6 Å². The van der Waals surface area contributed by atoms with Crippen molar-refractivity contribution in [3.63, 3.8) is 0 Å². The van der Waals surface area contributed by atoms with E-state index in [0.29, 0.717) is 36.4 Å². The molecule has 2 aromatic heterocycles. The van der Waals surface area contributed by atoms with E-state index in [4.69, 9.17) is 4.84 Å². The number of likely N-dealkylation sites (N-methyl/N-ethyl adjacent to an activating group) is 1. The van der Waals surface area contributed by atoms with Crippen LogP contribution in [0.1, 0.15) is 58.2 Å². The number of rotatable bonds is 8. The van der Waals surface area contributed by atoms with Crippen molar-refractivity contribution in [1.82, 2.24) is 34.6 Å². The smallest absolute Gasteiger partial charge is 0.323 e. The van der Waals surface area contributed by atoms with E-state index in [9.17, 15) is 18.0 Å². The second-order valence-corrected chi connectivity index (χ2v) is 13.1. The summed E-state index contributed by atoms with van der Waals surface area (Å²) in [4.78, 5) is 31.8. The zero-order valence-electron chi connectivity index (χ0n) is 26.1. The molecule has 2 amide bonds. The molecule has 1 aromatic carbocycles. The summed E-state index contributed by atoms with van der Waals surface area (Å²) in [6, 6.07) is 5.46. The zero-order chi connectivity index (χ0) is 31.8. The van der Waals surface area contributed by atoms with Gasteiger partial charge >= 0.3 is 12.2 Å². The molecule has 2 saturated heterocycles. The molecule has 13 heteroatoms. The SMILES string of the molecule is CC(C)ON(Cc1ccc(-c2ccnc(Nc3cnn(C4CN(C)C4)c3)n2)cc1C(F)(F)F)C(=O)N1CCC(C(C)(C)C)C1. The molecule has 1 unspecified atom stereocenters. The minimum atomic E-state index is -4.67. The Hall–Kier alpha value is -3.71. The number of urea groups is 1. The minimum absolute atomic E-state index is 0.0176. The number of carbonyl (C=O) groups excluding carboxylic acids is 1. The molecule has 4 heterocycles. The summed E-state index contributed by atoms with van der Waals surface area (Å²) in [5, 5.41) is 8.55. The first kappa shape index (κ1) is 31.7. The number of hydrogen-bond acceptors (Lipinski definition) is 7. The normalized spacial score (nSPS) is 18.1. The fourth-order valence-electron chi connectivity index (χ4n) is 5.64. The first-order valence-corrected chi connectivity index (χ1v) is 14.9. The van der Waals surface area contributed by atoms with Gasteiger partial charge in [-0.3, -0.25) is 9.52 Å². The van der Waals surface area contributed by atoms with Crippen molar-refractivity contribution in [3.05, 3.63) is 54.0 Å². The molecular formula is C31H41F3N8O2. The summed E-state index contributed by atoms with van der Waals surface area (Å²) in [5.41, 5.74) is 0.380. The number of halogens is 3. The molecule has 44 heavy (non-hydrogen) atoms. The van der Waals surface area contributed by atoms with Gasteiger partial charge in [0.2, 0.25) is 5.95 Å². The second-order valence-electron chi connectivity index (χ2n) is 13.1. The van der Waals surface area contributed by atoms with Crippen LogP contribution in [-0.2, 0) is 17.6 Å². The Morgan fingerprint density at radius 2 is 1.91 bits per heavy atom. The van der Waals surface area contributed by atoms with Crippen LogP contribution in [0.5, 0.6) is 0 Å². The molecule has 0 spiro atoms. The van der Waals surface area contributed by atoms with E-state index in [2.05, 4.69) is 46.1 Å². The number of amides is 2. The average Bonchev–Trinajstić information content (AvgIpc) is 3.60. The van der Waals surface area contributed by atoms with Crippen LogP contribution in [0, 0.1) is 11.3 Å². The zero-order valence-corrected chi connectivity index (χ0v) is 26.1. The summed E-state index contributed by atoms with van der Waals surface area (Å²) in [7, 11) is 2.04. The molecule has 0 aliphatic carbocycles. The molecule has 0 radical (unpaired) electrons. The van der Waals surface area contributed by atoms with Gasteiger partial charge in [0.1, 0.15) is 0 Å². The maximum absolute atomic E-state index is 14.4. The number of anilines is 2. The lowest BCUT2D eigenvalue weighted by Gasteiger charge is -2.36. The van der Waals surface area contributed by atoms with Crippen LogP contribution < -0.4 is 5.32 Å². The highest BCUT2D eigenvalue weighted by molar-refractivity contribution is 5.74. The maximum atomic E-state index is 14.4. The highest BCUT2D eigenvalue weighted by atomic mass is 19.4. The molecule has 0 saturated carbocycles. The fraction of sp³-hybridized carbons (Fsp3) is 0.548. The lowest BCUT2D eigenvalue weighted by molar-refractivity contribution is -0.164. The van der Waals surface area contributed by atoms with E-state index in [1.807, 2.05) is 17.9 Å².